The number of rotatable bonds is 4. The highest BCUT2D eigenvalue weighted by Crippen LogP contribution is 2.24. The van der Waals surface area contributed by atoms with Crippen LogP contribution in [0.25, 0.3) is 11.3 Å². The smallest absolute Gasteiger partial charge is 0.229 e. The van der Waals surface area contributed by atoms with Gasteiger partial charge in [0.25, 0.3) is 0 Å². The number of hydrogen-bond donors (Lipinski definition) is 1. The van der Waals surface area contributed by atoms with Gasteiger partial charge in [0.05, 0.1) is 11.6 Å². The van der Waals surface area contributed by atoms with Gasteiger partial charge >= 0.3 is 0 Å². The second kappa shape index (κ2) is 8.39. The predicted octanol–water partition coefficient (Wildman–Crippen LogP) is 4.45. The molecule has 1 aliphatic rings. The van der Waals surface area contributed by atoms with Crippen molar-refractivity contribution >= 4 is 17.4 Å². The largest absolute Gasteiger partial charge is 0.354 e. The molecule has 1 saturated heterocycles. The topological polar surface area (TPSA) is 58.1 Å². The molecule has 1 N–H and O–H groups in total. The van der Waals surface area contributed by atoms with Crippen molar-refractivity contribution in [2.24, 2.45) is 5.92 Å². The van der Waals surface area contributed by atoms with Gasteiger partial charge in [0.2, 0.25) is 5.91 Å². The molecular weight excluding hydrogens is 367 g/mol. The van der Waals surface area contributed by atoms with Gasteiger partial charge in [-0.2, -0.15) is 0 Å². The molecule has 2 aromatic carbocycles. The molecule has 2 heterocycles. The first-order valence-electron chi connectivity index (χ1n) is 9.80. The number of hydrogen-bond acceptors (Lipinski definition) is 4. The van der Waals surface area contributed by atoms with Crippen LogP contribution >= 0.6 is 0 Å². The van der Waals surface area contributed by atoms with Gasteiger partial charge in [-0.1, -0.05) is 17.7 Å². The summed E-state index contributed by atoms with van der Waals surface area (Å²) in [6, 6.07) is 17.8. The van der Waals surface area contributed by atoms with Crippen molar-refractivity contribution in [2.45, 2.75) is 19.8 Å². The number of aryl methyl sites for hydroxylation is 1. The Morgan fingerprint density at radius 2 is 1.79 bits per heavy atom. The summed E-state index contributed by atoms with van der Waals surface area (Å²) in [6.07, 6.45) is 1.78. The number of nitrogens with zero attached hydrogens (tertiary/aromatic N) is 3. The van der Waals surface area contributed by atoms with Crippen molar-refractivity contribution < 1.29 is 9.18 Å². The van der Waals surface area contributed by atoms with Gasteiger partial charge in [0, 0.05) is 24.3 Å². The maximum Gasteiger partial charge on any atom is 0.229 e. The lowest BCUT2D eigenvalue weighted by Gasteiger charge is -2.32. The minimum Gasteiger partial charge on any atom is -0.354 e. The monoisotopic (exact) mass is 390 g/mol. The van der Waals surface area contributed by atoms with Crippen LogP contribution in [0.15, 0.2) is 60.7 Å². The molecule has 0 saturated carbocycles. The fourth-order valence-corrected chi connectivity index (χ4v) is 3.55. The van der Waals surface area contributed by atoms with E-state index in [-0.39, 0.29) is 17.6 Å². The third kappa shape index (κ3) is 4.59. The maximum atomic E-state index is 13.1. The van der Waals surface area contributed by atoms with Gasteiger partial charge < -0.3 is 10.2 Å². The third-order valence-corrected chi connectivity index (χ3v) is 5.23. The molecule has 0 aliphatic carbocycles. The normalized spacial score (nSPS) is 16.5. The Hall–Kier alpha value is -3.28. The zero-order chi connectivity index (χ0) is 20.2. The maximum absolute atomic E-state index is 13.1. The van der Waals surface area contributed by atoms with Crippen LogP contribution in [-0.4, -0.2) is 29.2 Å². The summed E-state index contributed by atoms with van der Waals surface area (Å²) in [7, 11) is 0. The highest BCUT2D eigenvalue weighted by Gasteiger charge is 2.26. The van der Waals surface area contributed by atoms with Crippen LogP contribution in [0.5, 0.6) is 0 Å². The fourth-order valence-electron chi connectivity index (χ4n) is 3.55. The summed E-state index contributed by atoms with van der Waals surface area (Å²) in [5, 5.41) is 11.6. The first-order chi connectivity index (χ1) is 14.1. The standard InChI is InChI=1S/C23H23FN4O/c1-16-4-10-20(11-5-16)25-23(29)18-3-2-14-28(15-18)22-13-12-21(26-27-22)17-6-8-19(24)9-7-17/h4-13,18H,2-3,14-15H2,1H3,(H,25,29). The number of aromatic nitrogens is 2. The van der Waals surface area contributed by atoms with Crippen molar-refractivity contribution in [2.75, 3.05) is 23.3 Å². The molecule has 1 fully saturated rings. The van der Waals surface area contributed by atoms with Crippen LogP contribution in [0.1, 0.15) is 18.4 Å². The summed E-state index contributed by atoms with van der Waals surface area (Å²) in [6.45, 7) is 3.48. The number of piperidine rings is 1. The van der Waals surface area contributed by atoms with Crippen LogP contribution in [0, 0.1) is 18.7 Å². The van der Waals surface area contributed by atoms with Crippen molar-refractivity contribution in [1.82, 2.24) is 10.2 Å². The highest BCUT2D eigenvalue weighted by molar-refractivity contribution is 5.93. The SMILES string of the molecule is Cc1ccc(NC(=O)C2CCCN(c3ccc(-c4ccc(F)cc4)nn3)C2)cc1. The van der Waals surface area contributed by atoms with E-state index in [9.17, 15) is 9.18 Å². The molecule has 3 aromatic rings. The number of carbonyl (C=O) groups is 1. The van der Waals surface area contributed by atoms with E-state index >= 15 is 0 Å². The molecule has 0 spiro atoms. The number of nitrogens with one attached hydrogen (secondary N) is 1. The van der Waals surface area contributed by atoms with E-state index in [1.54, 1.807) is 12.1 Å². The minimum atomic E-state index is -0.276. The summed E-state index contributed by atoms with van der Waals surface area (Å²) in [5.41, 5.74) is 3.49. The molecule has 29 heavy (non-hydrogen) atoms. The fraction of sp³-hybridized carbons (Fsp3) is 0.261. The van der Waals surface area contributed by atoms with Gasteiger partial charge in [-0.25, -0.2) is 4.39 Å². The molecule has 1 atom stereocenters. The van der Waals surface area contributed by atoms with E-state index in [0.717, 1.165) is 42.0 Å². The molecule has 148 valence electrons. The quantitative estimate of drug-likeness (QED) is 0.715. The number of halogens is 1. The average molecular weight is 390 g/mol. The van der Waals surface area contributed by atoms with Crippen molar-refractivity contribution in [1.29, 1.82) is 0 Å². The molecule has 6 heteroatoms. The van der Waals surface area contributed by atoms with Gasteiger partial charge in [-0.05, 0) is 68.3 Å². The third-order valence-electron chi connectivity index (χ3n) is 5.23. The Kier molecular flexibility index (Phi) is 5.51. The number of amides is 1. The van der Waals surface area contributed by atoms with E-state index in [4.69, 9.17) is 0 Å². The summed E-state index contributed by atoms with van der Waals surface area (Å²) in [4.78, 5) is 14.8. The lowest BCUT2D eigenvalue weighted by Crippen LogP contribution is -2.41. The minimum absolute atomic E-state index is 0.0365. The Bertz CT molecular complexity index is 971. The average Bonchev–Trinajstić information content (AvgIpc) is 2.76. The number of anilines is 2. The summed E-state index contributed by atoms with van der Waals surface area (Å²) >= 11 is 0. The first kappa shape index (κ1) is 19.1. The zero-order valence-electron chi connectivity index (χ0n) is 16.3. The zero-order valence-corrected chi connectivity index (χ0v) is 16.3. The number of benzene rings is 2. The Morgan fingerprint density at radius 1 is 1.03 bits per heavy atom. The molecule has 1 unspecified atom stereocenters. The molecule has 1 amide bonds. The van der Waals surface area contributed by atoms with Crippen LogP contribution < -0.4 is 10.2 Å². The first-order valence-corrected chi connectivity index (χ1v) is 9.80. The highest BCUT2D eigenvalue weighted by atomic mass is 19.1. The Morgan fingerprint density at radius 3 is 2.48 bits per heavy atom. The number of carbonyl (C=O) groups excluding carboxylic acids is 1. The Labute approximate surface area is 169 Å². The molecular formula is C23H23FN4O. The lowest BCUT2D eigenvalue weighted by molar-refractivity contribution is -0.120. The molecule has 1 aromatic heterocycles. The van der Waals surface area contributed by atoms with Crippen LogP contribution in [-0.2, 0) is 4.79 Å². The molecule has 5 nitrogen and oxygen atoms in total. The Balaban J connectivity index is 1.41. The van der Waals surface area contributed by atoms with E-state index in [0.29, 0.717) is 12.2 Å². The second-order valence-corrected chi connectivity index (χ2v) is 7.42. The van der Waals surface area contributed by atoms with Crippen molar-refractivity contribution in [3.63, 3.8) is 0 Å². The van der Waals surface area contributed by atoms with E-state index in [1.165, 1.54) is 12.1 Å². The van der Waals surface area contributed by atoms with Crippen LogP contribution in [0.3, 0.4) is 0 Å². The molecule has 0 bridgehead atoms. The molecule has 0 radical (unpaired) electrons. The summed E-state index contributed by atoms with van der Waals surface area (Å²) < 4.78 is 13.1. The van der Waals surface area contributed by atoms with Gasteiger partial charge in [0.1, 0.15) is 5.82 Å². The summed E-state index contributed by atoms with van der Waals surface area (Å²) in [5.74, 6) is 0.420. The second-order valence-electron chi connectivity index (χ2n) is 7.42. The van der Waals surface area contributed by atoms with Crippen LogP contribution in [0.2, 0.25) is 0 Å². The van der Waals surface area contributed by atoms with Gasteiger partial charge in [-0.15, -0.1) is 10.2 Å². The molecule has 4 rings (SSSR count). The van der Waals surface area contributed by atoms with Gasteiger partial charge in [0.15, 0.2) is 5.82 Å². The van der Waals surface area contributed by atoms with Crippen molar-refractivity contribution in [3.8, 4) is 11.3 Å². The van der Waals surface area contributed by atoms with E-state index < -0.39 is 0 Å². The van der Waals surface area contributed by atoms with Crippen molar-refractivity contribution in [3.05, 3.63) is 72.0 Å². The van der Waals surface area contributed by atoms with Gasteiger partial charge in [-0.3, -0.25) is 4.79 Å². The molecule has 1 aliphatic heterocycles. The predicted molar refractivity (Wildman–Crippen MR) is 112 cm³/mol. The van der Waals surface area contributed by atoms with E-state index in [2.05, 4.69) is 20.4 Å². The lowest BCUT2D eigenvalue weighted by atomic mass is 9.97. The van der Waals surface area contributed by atoms with E-state index in [1.807, 2.05) is 43.3 Å². The van der Waals surface area contributed by atoms with Crippen LogP contribution in [0.4, 0.5) is 15.9 Å².